The van der Waals surface area contributed by atoms with Crippen LogP contribution in [0.5, 0.6) is 0 Å². The first-order valence-corrected chi connectivity index (χ1v) is 3.70. The zero-order valence-electron chi connectivity index (χ0n) is 5.58. The molecule has 1 heterocycles. The van der Waals surface area contributed by atoms with Gasteiger partial charge in [-0.15, -0.1) is 0 Å². The molecule has 11 heavy (non-hydrogen) atoms. The molecular weight excluding hydrogens is 210 g/mol. The molecule has 0 aliphatic heterocycles. The quantitative estimate of drug-likeness (QED) is 0.762. The topological polar surface area (TPSA) is 56.2 Å². The first kappa shape index (κ1) is 8.07. The van der Waals surface area contributed by atoms with Gasteiger partial charge in [-0.05, 0) is 34.1 Å². The van der Waals surface area contributed by atoms with Crippen LogP contribution in [-0.4, -0.2) is 5.91 Å². The molecule has 2 N–H and O–H groups in total. The number of amides is 1. The van der Waals surface area contributed by atoms with Gasteiger partial charge in [0, 0.05) is 6.08 Å². The fourth-order valence-electron chi connectivity index (χ4n) is 0.582. The van der Waals surface area contributed by atoms with Crippen LogP contribution < -0.4 is 5.73 Å². The maximum absolute atomic E-state index is 10.3. The molecule has 0 fully saturated rings. The highest BCUT2D eigenvalue weighted by atomic mass is 79.9. The summed E-state index contributed by atoms with van der Waals surface area (Å²) in [6, 6.07) is 3.46. The van der Waals surface area contributed by atoms with Crippen LogP contribution in [0.1, 0.15) is 5.76 Å². The minimum Gasteiger partial charge on any atom is -0.450 e. The van der Waals surface area contributed by atoms with Gasteiger partial charge < -0.3 is 10.2 Å². The molecule has 1 aromatic heterocycles. The third-order valence-electron chi connectivity index (χ3n) is 1.01. The molecule has 0 aromatic carbocycles. The molecule has 0 aliphatic carbocycles. The van der Waals surface area contributed by atoms with Gasteiger partial charge in [-0.3, -0.25) is 4.79 Å². The minimum absolute atomic E-state index is 0.488. The van der Waals surface area contributed by atoms with Crippen LogP contribution in [0.15, 0.2) is 27.3 Å². The number of carbonyl (C=O) groups excluding carboxylic acids is 1. The highest BCUT2D eigenvalue weighted by Crippen LogP contribution is 2.14. The van der Waals surface area contributed by atoms with Gasteiger partial charge in [-0.1, -0.05) is 0 Å². The van der Waals surface area contributed by atoms with Crippen molar-refractivity contribution < 1.29 is 9.21 Å². The van der Waals surface area contributed by atoms with Crippen LogP contribution in [0.3, 0.4) is 0 Å². The summed E-state index contributed by atoms with van der Waals surface area (Å²) in [6.07, 6.45) is 2.75. The molecule has 1 amide bonds. The lowest BCUT2D eigenvalue weighted by Gasteiger charge is -1.81. The van der Waals surface area contributed by atoms with E-state index >= 15 is 0 Å². The summed E-state index contributed by atoms with van der Waals surface area (Å²) in [5.41, 5.74) is 4.87. The van der Waals surface area contributed by atoms with Crippen molar-refractivity contribution in [2.24, 2.45) is 5.73 Å². The Hall–Kier alpha value is -1.03. The van der Waals surface area contributed by atoms with E-state index in [1.54, 1.807) is 12.1 Å². The maximum Gasteiger partial charge on any atom is 0.241 e. The van der Waals surface area contributed by atoms with Gasteiger partial charge in [-0.25, -0.2) is 0 Å². The van der Waals surface area contributed by atoms with Crippen molar-refractivity contribution in [2.75, 3.05) is 0 Å². The van der Waals surface area contributed by atoms with E-state index in [9.17, 15) is 4.79 Å². The van der Waals surface area contributed by atoms with Crippen LogP contribution in [0, 0.1) is 0 Å². The van der Waals surface area contributed by atoms with Crippen LogP contribution in [0.25, 0.3) is 6.08 Å². The number of primary amides is 1. The Labute approximate surface area is 72.0 Å². The van der Waals surface area contributed by atoms with Crippen molar-refractivity contribution >= 4 is 27.9 Å². The standard InChI is InChI=1S/C7H6BrNO2/c8-6-3-1-5(11-6)2-4-7(9)10/h1-4H,(H2,9,10). The Kier molecular flexibility index (Phi) is 2.48. The van der Waals surface area contributed by atoms with Gasteiger partial charge in [0.15, 0.2) is 4.67 Å². The fourth-order valence-corrected chi connectivity index (χ4v) is 0.901. The summed E-state index contributed by atoms with van der Waals surface area (Å²) in [7, 11) is 0. The molecule has 0 radical (unpaired) electrons. The number of hydrogen-bond acceptors (Lipinski definition) is 2. The highest BCUT2D eigenvalue weighted by molar-refractivity contribution is 9.10. The molecule has 0 unspecified atom stereocenters. The third-order valence-corrected chi connectivity index (χ3v) is 1.43. The lowest BCUT2D eigenvalue weighted by atomic mass is 10.4. The Morgan fingerprint density at radius 3 is 2.82 bits per heavy atom. The van der Waals surface area contributed by atoms with E-state index in [1.807, 2.05) is 0 Å². The highest BCUT2D eigenvalue weighted by Gasteiger charge is 1.93. The molecule has 0 saturated carbocycles. The van der Waals surface area contributed by atoms with Crippen LogP contribution in [0.4, 0.5) is 0 Å². The van der Waals surface area contributed by atoms with Crippen LogP contribution >= 0.6 is 15.9 Å². The average Bonchev–Trinajstić information content (AvgIpc) is 2.31. The number of rotatable bonds is 2. The summed E-state index contributed by atoms with van der Waals surface area (Å²) in [4.78, 5) is 10.3. The zero-order valence-corrected chi connectivity index (χ0v) is 7.17. The van der Waals surface area contributed by atoms with Gasteiger partial charge in [-0.2, -0.15) is 0 Å². The monoisotopic (exact) mass is 215 g/mol. The minimum atomic E-state index is -0.488. The largest absolute Gasteiger partial charge is 0.450 e. The van der Waals surface area contributed by atoms with Crippen molar-refractivity contribution in [1.29, 1.82) is 0 Å². The van der Waals surface area contributed by atoms with Gasteiger partial charge in [0.2, 0.25) is 5.91 Å². The second-order valence-corrected chi connectivity index (χ2v) is 2.66. The van der Waals surface area contributed by atoms with E-state index < -0.39 is 5.91 Å². The molecule has 1 rings (SSSR count). The lowest BCUT2D eigenvalue weighted by molar-refractivity contribution is -0.113. The van der Waals surface area contributed by atoms with Crippen LogP contribution in [0.2, 0.25) is 0 Å². The molecule has 0 spiro atoms. The molecule has 0 atom stereocenters. The second kappa shape index (κ2) is 3.39. The number of halogens is 1. The summed E-state index contributed by atoms with van der Waals surface area (Å²) >= 11 is 3.12. The second-order valence-electron chi connectivity index (χ2n) is 1.88. The number of carbonyl (C=O) groups is 1. The molecule has 1 aromatic rings. The Morgan fingerprint density at radius 1 is 1.64 bits per heavy atom. The average molecular weight is 216 g/mol. The van der Waals surface area contributed by atoms with Crippen molar-refractivity contribution in [2.45, 2.75) is 0 Å². The van der Waals surface area contributed by atoms with Crippen molar-refractivity contribution in [3.05, 3.63) is 28.6 Å². The van der Waals surface area contributed by atoms with Gasteiger partial charge >= 0.3 is 0 Å². The van der Waals surface area contributed by atoms with E-state index in [-0.39, 0.29) is 0 Å². The van der Waals surface area contributed by atoms with E-state index in [0.29, 0.717) is 10.4 Å². The number of hydrogen-bond donors (Lipinski definition) is 1. The van der Waals surface area contributed by atoms with Gasteiger partial charge in [0.05, 0.1) is 0 Å². The lowest BCUT2D eigenvalue weighted by Crippen LogP contribution is -2.04. The van der Waals surface area contributed by atoms with E-state index in [1.165, 1.54) is 12.2 Å². The molecular formula is C7H6BrNO2. The maximum atomic E-state index is 10.3. The van der Waals surface area contributed by atoms with Gasteiger partial charge in [0.25, 0.3) is 0 Å². The Bertz CT molecular complexity index is 290. The molecule has 58 valence electrons. The fraction of sp³-hybridized carbons (Fsp3) is 0. The molecule has 0 saturated heterocycles. The van der Waals surface area contributed by atoms with Crippen LogP contribution in [-0.2, 0) is 4.79 Å². The SMILES string of the molecule is NC(=O)C=Cc1ccc(Br)o1. The smallest absolute Gasteiger partial charge is 0.241 e. The first-order chi connectivity index (χ1) is 5.18. The summed E-state index contributed by atoms with van der Waals surface area (Å²) in [5.74, 6) is 0.105. The van der Waals surface area contributed by atoms with E-state index in [4.69, 9.17) is 10.2 Å². The molecule has 3 nitrogen and oxygen atoms in total. The molecule has 0 bridgehead atoms. The van der Waals surface area contributed by atoms with Crippen molar-refractivity contribution in [3.8, 4) is 0 Å². The van der Waals surface area contributed by atoms with Crippen molar-refractivity contribution in [1.82, 2.24) is 0 Å². The molecule has 4 heteroatoms. The zero-order chi connectivity index (χ0) is 8.27. The van der Waals surface area contributed by atoms with Crippen molar-refractivity contribution in [3.63, 3.8) is 0 Å². The third kappa shape index (κ3) is 2.59. The molecule has 0 aliphatic rings. The summed E-state index contributed by atoms with van der Waals surface area (Å²) < 4.78 is 5.68. The Morgan fingerprint density at radius 2 is 2.36 bits per heavy atom. The predicted octanol–water partition coefficient (Wildman–Crippen LogP) is 1.54. The number of nitrogens with two attached hydrogens (primary N) is 1. The predicted molar refractivity (Wildman–Crippen MR) is 44.6 cm³/mol. The Balaban J connectivity index is 2.71. The first-order valence-electron chi connectivity index (χ1n) is 2.91. The number of furan rings is 1. The summed E-state index contributed by atoms with van der Waals surface area (Å²) in [6.45, 7) is 0. The summed E-state index contributed by atoms with van der Waals surface area (Å²) in [5, 5.41) is 0. The van der Waals surface area contributed by atoms with E-state index in [0.717, 1.165) is 0 Å². The normalized spacial score (nSPS) is 10.6. The van der Waals surface area contributed by atoms with Gasteiger partial charge in [0.1, 0.15) is 5.76 Å². The van der Waals surface area contributed by atoms with E-state index in [2.05, 4.69) is 15.9 Å².